The second-order valence-corrected chi connectivity index (χ2v) is 7.45. The van der Waals surface area contributed by atoms with Crippen molar-refractivity contribution < 1.29 is 14.1 Å². The highest BCUT2D eigenvalue weighted by Crippen LogP contribution is 2.26. The molecule has 0 aliphatic rings. The van der Waals surface area contributed by atoms with Crippen LogP contribution in [0.15, 0.2) is 36.8 Å². The summed E-state index contributed by atoms with van der Waals surface area (Å²) < 4.78 is 16.5. The zero-order valence-electron chi connectivity index (χ0n) is 15.3. The van der Waals surface area contributed by atoms with Gasteiger partial charge in [0, 0.05) is 16.8 Å². The lowest BCUT2D eigenvalue weighted by Gasteiger charge is -2.23. The number of anilines is 1. The van der Waals surface area contributed by atoms with Crippen LogP contribution in [0.3, 0.4) is 0 Å². The number of carbonyl (C=O) groups excluding carboxylic acids is 1. The van der Waals surface area contributed by atoms with E-state index >= 15 is 0 Å². The van der Waals surface area contributed by atoms with E-state index in [4.69, 9.17) is 23.2 Å². The number of rotatable bonds is 6. The summed E-state index contributed by atoms with van der Waals surface area (Å²) in [5.41, 5.74) is -1.28. The van der Waals surface area contributed by atoms with Gasteiger partial charge in [-0.2, -0.15) is 10.2 Å². The second-order valence-electron chi connectivity index (χ2n) is 6.64. The molecule has 0 aliphatic heterocycles. The molecule has 0 saturated heterocycles. The maximum absolute atomic E-state index is 14.0. The first-order valence-electron chi connectivity index (χ1n) is 8.26. The number of nitrogens with zero attached hydrogens (tertiary/aromatic N) is 5. The third-order valence-electron chi connectivity index (χ3n) is 4.24. The van der Waals surface area contributed by atoms with Gasteiger partial charge in [-0.25, -0.2) is 4.39 Å². The lowest BCUT2D eigenvalue weighted by Crippen LogP contribution is -2.40. The van der Waals surface area contributed by atoms with Crippen LogP contribution in [0.25, 0.3) is 0 Å². The van der Waals surface area contributed by atoms with Crippen molar-refractivity contribution in [3.63, 3.8) is 0 Å². The van der Waals surface area contributed by atoms with Gasteiger partial charge in [0.25, 0.3) is 5.91 Å². The number of benzene rings is 1. The topological polar surface area (TPSA) is 108 Å². The van der Waals surface area contributed by atoms with Gasteiger partial charge in [-0.15, -0.1) is 0 Å². The normalized spacial score (nSPS) is 11.5. The molecule has 3 rings (SSSR count). The standard InChI is InChI=1S/C17H15Cl2FN6O3/c1-17(2,25-7-10(6-21-25)26(28)29)16(27)22-15-13(19)9-24(23-15)8-11-12(18)4-3-5-14(11)20/h3-7,9H,8H2,1-2H3,(H,22,23,27). The molecule has 0 unspecified atom stereocenters. The van der Waals surface area contributed by atoms with E-state index in [0.29, 0.717) is 0 Å². The van der Waals surface area contributed by atoms with Crippen LogP contribution in [0, 0.1) is 15.9 Å². The summed E-state index contributed by atoms with van der Waals surface area (Å²) in [5.74, 6) is -0.985. The molecule has 3 aromatic rings. The third-order valence-corrected chi connectivity index (χ3v) is 4.87. The monoisotopic (exact) mass is 440 g/mol. The average molecular weight is 441 g/mol. The fraction of sp³-hybridized carbons (Fsp3) is 0.235. The molecule has 0 fully saturated rings. The van der Waals surface area contributed by atoms with E-state index in [0.717, 1.165) is 12.4 Å². The smallest absolute Gasteiger partial charge is 0.306 e. The molecule has 1 amide bonds. The predicted octanol–water partition coefficient (Wildman–Crippen LogP) is 3.86. The van der Waals surface area contributed by atoms with Crippen LogP contribution < -0.4 is 5.32 Å². The summed E-state index contributed by atoms with van der Waals surface area (Å²) >= 11 is 12.2. The number of carbonyl (C=O) groups is 1. The highest BCUT2D eigenvalue weighted by Gasteiger charge is 2.33. The van der Waals surface area contributed by atoms with Gasteiger partial charge in [0.2, 0.25) is 0 Å². The van der Waals surface area contributed by atoms with E-state index < -0.39 is 22.2 Å². The largest absolute Gasteiger partial charge is 0.307 e. The summed E-state index contributed by atoms with van der Waals surface area (Å²) in [5, 5.41) is 21.8. The van der Waals surface area contributed by atoms with E-state index in [2.05, 4.69) is 15.5 Å². The second kappa shape index (κ2) is 7.80. The lowest BCUT2D eigenvalue weighted by molar-refractivity contribution is -0.385. The number of amides is 1. The molecule has 0 bridgehead atoms. The van der Waals surface area contributed by atoms with Gasteiger partial charge >= 0.3 is 5.69 Å². The summed E-state index contributed by atoms with van der Waals surface area (Å²) in [6, 6.07) is 4.32. The molecule has 0 saturated carbocycles. The molecular formula is C17H15Cl2FN6O3. The van der Waals surface area contributed by atoms with Crippen LogP contribution >= 0.6 is 23.2 Å². The van der Waals surface area contributed by atoms with Crippen LogP contribution in [0.5, 0.6) is 0 Å². The Morgan fingerprint density at radius 2 is 2.03 bits per heavy atom. The number of hydrogen-bond donors (Lipinski definition) is 1. The minimum absolute atomic E-state index is 0.00976. The fourth-order valence-electron chi connectivity index (χ4n) is 2.49. The Morgan fingerprint density at radius 1 is 1.31 bits per heavy atom. The van der Waals surface area contributed by atoms with Crippen molar-refractivity contribution in [2.75, 3.05) is 5.32 Å². The number of halogens is 3. The van der Waals surface area contributed by atoms with E-state index in [1.54, 1.807) is 6.07 Å². The first kappa shape index (κ1) is 20.7. The molecule has 152 valence electrons. The van der Waals surface area contributed by atoms with Crippen LogP contribution in [-0.4, -0.2) is 30.4 Å². The molecule has 12 heteroatoms. The Kier molecular flexibility index (Phi) is 5.58. The Morgan fingerprint density at radius 3 is 2.66 bits per heavy atom. The minimum Gasteiger partial charge on any atom is -0.306 e. The van der Waals surface area contributed by atoms with Crippen LogP contribution in [0.4, 0.5) is 15.9 Å². The molecule has 0 aliphatic carbocycles. The number of aromatic nitrogens is 4. The Bertz CT molecular complexity index is 1070. The van der Waals surface area contributed by atoms with Crippen LogP contribution in [0.1, 0.15) is 19.4 Å². The molecule has 9 nitrogen and oxygen atoms in total. The first-order chi connectivity index (χ1) is 13.6. The van der Waals surface area contributed by atoms with Gasteiger partial charge in [-0.3, -0.25) is 24.3 Å². The van der Waals surface area contributed by atoms with Crippen molar-refractivity contribution in [3.05, 3.63) is 68.3 Å². The molecular weight excluding hydrogens is 426 g/mol. The van der Waals surface area contributed by atoms with E-state index in [1.165, 1.54) is 41.5 Å². The van der Waals surface area contributed by atoms with E-state index in [9.17, 15) is 19.3 Å². The van der Waals surface area contributed by atoms with Crippen molar-refractivity contribution in [3.8, 4) is 0 Å². The predicted molar refractivity (Wildman–Crippen MR) is 105 cm³/mol. The van der Waals surface area contributed by atoms with Crippen LogP contribution in [0.2, 0.25) is 10.0 Å². The Hall–Kier alpha value is -2.98. The summed E-state index contributed by atoms with van der Waals surface area (Å²) in [4.78, 5) is 22.9. The van der Waals surface area contributed by atoms with E-state index in [-0.39, 0.29) is 33.7 Å². The van der Waals surface area contributed by atoms with Gasteiger partial charge in [-0.1, -0.05) is 29.3 Å². The highest BCUT2D eigenvalue weighted by molar-refractivity contribution is 6.33. The van der Waals surface area contributed by atoms with Crippen molar-refractivity contribution in [2.45, 2.75) is 25.9 Å². The number of nitro groups is 1. The zero-order valence-corrected chi connectivity index (χ0v) is 16.8. The maximum atomic E-state index is 14.0. The molecule has 2 aromatic heterocycles. The molecule has 0 spiro atoms. The zero-order chi connectivity index (χ0) is 21.3. The van der Waals surface area contributed by atoms with Gasteiger partial charge in [0.1, 0.15) is 28.8 Å². The van der Waals surface area contributed by atoms with Crippen molar-refractivity contribution >= 4 is 40.6 Å². The lowest BCUT2D eigenvalue weighted by atomic mass is 10.1. The Balaban J connectivity index is 1.79. The highest BCUT2D eigenvalue weighted by atomic mass is 35.5. The summed E-state index contributed by atoms with van der Waals surface area (Å²) in [6.07, 6.45) is 3.63. The van der Waals surface area contributed by atoms with Gasteiger partial charge < -0.3 is 5.32 Å². The Labute approximate surface area is 174 Å². The molecule has 1 N–H and O–H groups in total. The molecule has 0 radical (unpaired) electrons. The molecule has 2 heterocycles. The average Bonchev–Trinajstić information content (AvgIpc) is 3.26. The van der Waals surface area contributed by atoms with Gasteiger partial charge in [0.05, 0.1) is 11.5 Å². The van der Waals surface area contributed by atoms with E-state index in [1.807, 2.05) is 0 Å². The maximum Gasteiger partial charge on any atom is 0.307 e. The van der Waals surface area contributed by atoms with Crippen LogP contribution in [-0.2, 0) is 16.9 Å². The van der Waals surface area contributed by atoms with Crippen molar-refractivity contribution in [1.82, 2.24) is 19.6 Å². The quantitative estimate of drug-likeness (QED) is 0.462. The summed E-state index contributed by atoms with van der Waals surface area (Å²) in [6.45, 7) is 3.07. The molecule has 29 heavy (non-hydrogen) atoms. The number of hydrogen-bond acceptors (Lipinski definition) is 5. The SMILES string of the molecule is CC(C)(C(=O)Nc1nn(Cc2c(F)cccc2Cl)cc1Cl)n1cc([N+](=O)[O-])cn1. The first-order valence-corrected chi connectivity index (χ1v) is 9.02. The summed E-state index contributed by atoms with van der Waals surface area (Å²) in [7, 11) is 0. The fourth-order valence-corrected chi connectivity index (χ4v) is 2.91. The van der Waals surface area contributed by atoms with Crippen molar-refractivity contribution in [1.29, 1.82) is 0 Å². The van der Waals surface area contributed by atoms with Gasteiger partial charge in [-0.05, 0) is 26.0 Å². The third kappa shape index (κ3) is 4.22. The molecule has 0 atom stereocenters. The number of nitrogens with one attached hydrogen (secondary N) is 1. The minimum atomic E-state index is -1.27. The van der Waals surface area contributed by atoms with Crippen molar-refractivity contribution in [2.24, 2.45) is 0 Å². The molecule has 1 aromatic carbocycles. The van der Waals surface area contributed by atoms with Gasteiger partial charge in [0.15, 0.2) is 5.82 Å².